The van der Waals surface area contributed by atoms with E-state index in [1.807, 2.05) is 12.3 Å². The highest BCUT2D eigenvalue weighted by Gasteiger charge is 2.19. The predicted molar refractivity (Wildman–Crippen MR) is 94.7 cm³/mol. The van der Waals surface area contributed by atoms with Crippen LogP contribution in [-0.2, 0) is 6.54 Å². The zero-order chi connectivity index (χ0) is 16.1. The average Bonchev–Trinajstić information content (AvgIpc) is 2.56. The van der Waals surface area contributed by atoms with Crippen molar-refractivity contribution in [2.24, 2.45) is 0 Å². The van der Waals surface area contributed by atoms with E-state index in [0.717, 1.165) is 44.5 Å². The lowest BCUT2D eigenvalue weighted by Crippen LogP contribution is -2.46. The molecule has 1 N–H and O–H groups in total. The van der Waals surface area contributed by atoms with Gasteiger partial charge in [0.15, 0.2) is 0 Å². The minimum atomic E-state index is 0.375. The molecule has 1 aliphatic heterocycles. The Morgan fingerprint density at radius 2 is 1.78 bits per heavy atom. The third-order valence-corrected chi connectivity index (χ3v) is 3.98. The number of hydrogen-bond acceptors (Lipinski definition) is 5. The summed E-state index contributed by atoms with van der Waals surface area (Å²) in [4.78, 5) is 13.8. The Labute approximate surface area is 138 Å². The van der Waals surface area contributed by atoms with E-state index in [1.165, 1.54) is 5.56 Å². The number of aromatic nitrogens is 2. The summed E-state index contributed by atoms with van der Waals surface area (Å²) in [5.74, 6) is 1.73. The number of benzene rings is 1. The monoisotopic (exact) mass is 311 g/mol. The lowest BCUT2D eigenvalue weighted by atomic mass is 10.2. The highest BCUT2D eigenvalue weighted by Crippen LogP contribution is 2.15. The van der Waals surface area contributed by atoms with Crippen molar-refractivity contribution in [1.29, 1.82) is 0 Å². The summed E-state index contributed by atoms with van der Waals surface area (Å²) in [6, 6.07) is 13.0. The molecule has 2 aromatic rings. The van der Waals surface area contributed by atoms with Gasteiger partial charge in [-0.05, 0) is 25.5 Å². The van der Waals surface area contributed by atoms with E-state index in [9.17, 15) is 0 Å². The van der Waals surface area contributed by atoms with Crippen LogP contribution in [0.1, 0.15) is 19.4 Å². The van der Waals surface area contributed by atoms with Gasteiger partial charge in [-0.1, -0.05) is 30.3 Å². The van der Waals surface area contributed by atoms with Gasteiger partial charge in [-0.25, -0.2) is 4.98 Å². The van der Waals surface area contributed by atoms with Gasteiger partial charge in [-0.3, -0.25) is 4.90 Å². The Balaban J connectivity index is 1.56. The summed E-state index contributed by atoms with van der Waals surface area (Å²) in [7, 11) is 0. The highest BCUT2D eigenvalue weighted by molar-refractivity contribution is 5.42. The van der Waals surface area contributed by atoms with Crippen LogP contribution in [0, 0.1) is 0 Å². The van der Waals surface area contributed by atoms with Gasteiger partial charge in [-0.2, -0.15) is 4.98 Å². The molecule has 1 aromatic carbocycles. The Hall–Kier alpha value is -2.14. The summed E-state index contributed by atoms with van der Waals surface area (Å²) in [6.45, 7) is 9.27. The molecule has 0 saturated carbocycles. The van der Waals surface area contributed by atoms with E-state index in [0.29, 0.717) is 6.04 Å². The summed E-state index contributed by atoms with van der Waals surface area (Å²) in [5.41, 5.74) is 1.38. The van der Waals surface area contributed by atoms with E-state index in [2.05, 4.69) is 69.3 Å². The topological polar surface area (TPSA) is 44.3 Å². The van der Waals surface area contributed by atoms with Crippen LogP contribution in [0.2, 0.25) is 0 Å². The first-order valence-electron chi connectivity index (χ1n) is 8.31. The number of hydrogen-bond donors (Lipinski definition) is 1. The van der Waals surface area contributed by atoms with Crippen molar-refractivity contribution >= 4 is 11.8 Å². The van der Waals surface area contributed by atoms with E-state index in [1.54, 1.807) is 0 Å². The van der Waals surface area contributed by atoms with Gasteiger partial charge in [0.2, 0.25) is 5.95 Å². The average molecular weight is 311 g/mol. The quantitative estimate of drug-likeness (QED) is 0.919. The molecule has 0 unspecified atom stereocenters. The van der Waals surface area contributed by atoms with Crippen LogP contribution < -0.4 is 10.2 Å². The van der Waals surface area contributed by atoms with Gasteiger partial charge in [0, 0.05) is 45.0 Å². The Kier molecular flexibility index (Phi) is 5.08. The summed E-state index contributed by atoms with van der Waals surface area (Å²) in [5, 5.41) is 3.34. The third-order valence-electron chi connectivity index (χ3n) is 3.98. The van der Waals surface area contributed by atoms with Gasteiger partial charge in [0.25, 0.3) is 0 Å². The van der Waals surface area contributed by atoms with Gasteiger partial charge in [-0.15, -0.1) is 0 Å². The number of nitrogens with zero attached hydrogens (tertiary/aromatic N) is 4. The molecule has 0 spiro atoms. The van der Waals surface area contributed by atoms with Gasteiger partial charge < -0.3 is 10.2 Å². The molecule has 5 heteroatoms. The standard InChI is InChI=1S/C18H25N5/c1-15(2)20-17-8-9-19-18(21-17)23-12-10-22(11-13-23)14-16-6-4-3-5-7-16/h3-9,15H,10-14H2,1-2H3,(H,19,20,21). The Morgan fingerprint density at radius 3 is 2.48 bits per heavy atom. The van der Waals surface area contributed by atoms with E-state index in [4.69, 9.17) is 0 Å². The fraction of sp³-hybridized carbons (Fsp3) is 0.444. The Morgan fingerprint density at radius 1 is 1.04 bits per heavy atom. The van der Waals surface area contributed by atoms with Gasteiger partial charge in [0.05, 0.1) is 0 Å². The highest BCUT2D eigenvalue weighted by atomic mass is 15.3. The second-order valence-electron chi connectivity index (χ2n) is 6.29. The maximum absolute atomic E-state index is 4.63. The van der Waals surface area contributed by atoms with E-state index >= 15 is 0 Å². The van der Waals surface area contributed by atoms with Gasteiger partial charge in [0.1, 0.15) is 5.82 Å². The predicted octanol–water partition coefficient (Wildman–Crippen LogP) is 2.62. The van der Waals surface area contributed by atoms with Crippen LogP contribution in [0.15, 0.2) is 42.6 Å². The van der Waals surface area contributed by atoms with Crippen LogP contribution in [0.25, 0.3) is 0 Å². The molecule has 0 bridgehead atoms. The van der Waals surface area contributed by atoms with Crippen LogP contribution in [0.4, 0.5) is 11.8 Å². The minimum Gasteiger partial charge on any atom is -0.368 e. The van der Waals surface area contributed by atoms with Crippen molar-refractivity contribution in [3.63, 3.8) is 0 Å². The minimum absolute atomic E-state index is 0.375. The fourth-order valence-electron chi connectivity index (χ4n) is 2.82. The van der Waals surface area contributed by atoms with Crippen molar-refractivity contribution in [3.05, 3.63) is 48.2 Å². The molecule has 1 saturated heterocycles. The fourth-order valence-corrected chi connectivity index (χ4v) is 2.82. The van der Waals surface area contributed by atoms with Crippen molar-refractivity contribution in [1.82, 2.24) is 14.9 Å². The molecule has 3 rings (SSSR count). The lowest BCUT2D eigenvalue weighted by Gasteiger charge is -2.34. The smallest absolute Gasteiger partial charge is 0.227 e. The molecule has 23 heavy (non-hydrogen) atoms. The first-order valence-corrected chi connectivity index (χ1v) is 8.31. The van der Waals surface area contributed by atoms with Crippen molar-refractivity contribution in [2.75, 3.05) is 36.4 Å². The lowest BCUT2D eigenvalue weighted by molar-refractivity contribution is 0.248. The summed E-state index contributed by atoms with van der Waals surface area (Å²) in [6.07, 6.45) is 1.84. The van der Waals surface area contributed by atoms with Crippen LogP contribution >= 0.6 is 0 Å². The number of nitrogens with one attached hydrogen (secondary N) is 1. The normalized spacial score (nSPS) is 15.9. The molecule has 1 fully saturated rings. The van der Waals surface area contributed by atoms with E-state index < -0.39 is 0 Å². The molecule has 2 heterocycles. The first-order chi connectivity index (χ1) is 11.2. The molecule has 1 aromatic heterocycles. The number of piperazine rings is 1. The van der Waals surface area contributed by atoms with Crippen molar-refractivity contribution < 1.29 is 0 Å². The number of rotatable bonds is 5. The maximum Gasteiger partial charge on any atom is 0.227 e. The van der Waals surface area contributed by atoms with Crippen molar-refractivity contribution in [3.8, 4) is 0 Å². The first kappa shape index (κ1) is 15.7. The number of anilines is 2. The van der Waals surface area contributed by atoms with Crippen LogP contribution in [-0.4, -0.2) is 47.1 Å². The van der Waals surface area contributed by atoms with E-state index in [-0.39, 0.29) is 0 Å². The third kappa shape index (κ3) is 4.42. The SMILES string of the molecule is CC(C)Nc1ccnc(N2CCN(Cc3ccccc3)CC2)n1. The zero-order valence-electron chi connectivity index (χ0n) is 13.9. The second-order valence-corrected chi connectivity index (χ2v) is 6.29. The van der Waals surface area contributed by atoms with Crippen molar-refractivity contribution in [2.45, 2.75) is 26.4 Å². The summed E-state index contributed by atoms with van der Waals surface area (Å²) >= 11 is 0. The van der Waals surface area contributed by atoms with Crippen LogP contribution in [0.3, 0.4) is 0 Å². The Bertz CT molecular complexity index is 606. The van der Waals surface area contributed by atoms with Crippen LogP contribution in [0.5, 0.6) is 0 Å². The molecule has 1 aliphatic rings. The molecule has 0 amide bonds. The maximum atomic E-state index is 4.63. The summed E-state index contributed by atoms with van der Waals surface area (Å²) < 4.78 is 0. The molecule has 122 valence electrons. The second kappa shape index (κ2) is 7.42. The molecule has 0 radical (unpaired) electrons. The molecule has 0 aliphatic carbocycles. The zero-order valence-corrected chi connectivity index (χ0v) is 13.9. The largest absolute Gasteiger partial charge is 0.368 e. The molecular weight excluding hydrogens is 286 g/mol. The molecule has 5 nitrogen and oxygen atoms in total. The van der Waals surface area contributed by atoms with Gasteiger partial charge >= 0.3 is 0 Å². The molecule has 0 atom stereocenters. The molecular formula is C18H25N5.